The second kappa shape index (κ2) is 16.5. The standard InChI is InChI=1S/C39H44N6O6/c1-26-14-16-31-21-29(26)24-40-37(48)32(17-15-27-9-4-2-5-10-27)41-38(49)33(22-35(46)44-19-8-11-28(25-44)18-20-51-31)42-39(50)34-23-36(47)45(43-34)30-12-6-3-7-13-30/h2-7,9-10,12-14,16,21,28,32-33H,8,11,15,17-20,22-25H2,1H3,(H,40,48)(H,41,49)(H,42,50)/t28?,32-,33-/m0/s1. The molecule has 1 fully saturated rings. The predicted octanol–water partition coefficient (Wildman–Crippen LogP) is 3.42. The summed E-state index contributed by atoms with van der Waals surface area (Å²) in [5.41, 5.74) is 3.31. The average molecular weight is 693 g/mol. The van der Waals surface area contributed by atoms with Gasteiger partial charge in [-0.15, -0.1) is 0 Å². The third-order valence-electron chi connectivity index (χ3n) is 9.68. The highest BCUT2D eigenvalue weighted by Gasteiger charge is 2.35. The SMILES string of the molecule is Cc1ccc2cc1CNC(=O)[C@H](CCc1ccccc1)NC(=O)[C@@H](NC(=O)C1=NN(c3ccccc3)C(=O)C1)CC(=O)N1CCCC(CCO2)C1. The molecule has 0 aliphatic carbocycles. The minimum absolute atomic E-state index is 0.0717. The van der Waals surface area contributed by atoms with Crippen LogP contribution in [0.2, 0.25) is 0 Å². The number of benzene rings is 3. The number of ether oxygens (including phenoxy) is 1. The van der Waals surface area contributed by atoms with E-state index in [1.807, 2.05) is 55.5 Å². The summed E-state index contributed by atoms with van der Waals surface area (Å²) in [5.74, 6) is -1.54. The molecule has 0 radical (unpaired) electrons. The predicted molar refractivity (Wildman–Crippen MR) is 192 cm³/mol. The lowest BCUT2D eigenvalue weighted by atomic mass is 9.94. The van der Waals surface area contributed by atoms with Crippen LogP contribution in [-0.2, 0) is 36.9 Å². The maximum absolute atomic E-state index is 14.1. The number of nitrogens with one attached hydrogen (secondary N) is 3. The first-order chi connectivity index (χ1) is 24.7. The smallest absolute Gasteiger partial charge is 0.268 e. The summed E-state index contributed by atoms with van der Waals surface area (Å²) < 4.78 is 6.11. The van der Waals surface area contributed by atoms with Crippen LogP contribution in [0.4, 0.5) is 5.69 Å². The van der Waals surface area contributed by atoms with Gasteiger partial charge in [0.1, 0.15) is 23.5 Å². The summed E-state index contributed by atoms with van der Waals surface area (Å²) in [6, 6.07) is 21.9. The fraction of sp³-hybridized carbons (Fsp3) is 0.385. The van der Waals surface area contributed by atoms with Crippen molar-refractivity contribution in [2.75, 3.05) is 24.7 Å². The van der Waals surface area contributed by atoms with Gasteiger partial charge in [-0.2, -0.15) is 10.1 Å². The molecular weight excluding hydrogens is 648 g/mol. The summed E-state index contributed by atoms with van der Waals surface area (Å²) >= 11 is 0. The molecule has 3 aromatic carbocycles. The molecule has 0 spiro atoms. The highest BCUT2D eigenvalue weighted by Crippen LogP contribution is 2.24. The molecule has 12 heteroatoms. The number of carbonyl (C=O) groups excluding carboxylic acids is 5. The molecule has 3 aromatic rings. The van der Waals surface area contributed by atoms with E-state index >= 15 is 0 Å². The van der Waals surface area contributed by atoms with Crippen LogP contribution >= 0.6 is 0 Å². The molecule has 0 aromatic heterocycles. The summed E-state index contributed by atoms with van der Waals surface area (Å²) in [5, 5.41) is 13.9. The van der Waals surface area contributed by atoms with Crippen molar-refractivity contribution in [1.29, 1.82) is 0 Å². The van der Waals surface area contributed by atoms with E-state index in [-0.39, 0.29) is 43.3 Å². The zero-order valence-electron chi connectivity index (χ0n) is 28.8. The van der Waals surface area contributed by atoms with Crippen LogP contribution in [0.25, 0.3) is 0 Å². The van der Waals surface area contributed by atoms with Crippen molar-refractivity contribution in [2.45, 2.75) is 70.5 Å². The molecule has 12 nitrogen and oxygen atoms in total. The van der Waals surface area contributed by atoms with Gasteiger partial charge in [-0.25, -0.2) is 0 Å². The summed E-state index contributed by atoms with van der Waals surface area (Å²) in [7, 11) is 0. The van der Waals surface area contributed by atoms with Gasteiger partial charge >= 0.3 is 0 Å². The number of hydrogen-bond acceptors (Lipinski definition) is 7. The summed E-state index contributed by atoms with van der Waals surface area (Å²) in [6.45, 7) is 3.72. The monoisotopic (exact) mass is 692 g/mol. The maximum Gasteiger partial charge on any atom is 0.268 e. The Kier molecular flexibility index (Phi) is 11.4. The number of hydrogen-bond donors (Lipinski definition) is 3. The first-order valence-corrected chi connectivity index (χ1v) is 17.6. The molecule has 3 atom stereocenters. The Morgan fingerprint density at radius 1 is 0.941 bits per heavy atom. The number of carbonyl (C=O) groups is 5. The van der Waals surface area contributed by atoms with Gasteiger partial charge in [0.2, 0.25) is 17.7 Å². The number of rotatable bonds is 6. The molecule has 6 rings (SSSR count). The van der Waals surface area contributed by atoms with Crippen LogP contribution in [-0.4, -0.2) is 71.9 Å². The lowest BCUT2D eigenvalue weighted by Crippen LogP contribution is -2.56. The Morgan fingerprint density at radius 3 is 2.49 bits per heavy atom. The maximum atomic E-state index is 14.1. The van der Waals surface area contributed by atoms with Crippen LogP contribution in [0.15, 0.2) is 84.0 Å². The van der Waals surface area contributed by atoms with Crippen LogP contribution in [0.3, 0.4) is 0 Å². The van der Waals surface area contributed by atoms with Crippen LogP contribution in [0.1, 0.15) is 55.2 Å². The summed E-state index contributed by atoms with van der Waals surface area (Å²) in [6.07, 6.45) is 2.71. The Labute approximate surface area is 297 Å². The number of nitrogens with zero attached hydrogens (tertiary/aromatic N) is 3. The Bertz CT molecular complexity index is 1780. The van der Waals surface area contributed by atoms with Crippen molar-refractivity contribution in [3.05, 3.63) is 95.6 Å². The van der Waals surface area contributed by atoms with Gasteiger partial charge in [0.25, 0.3) is 11.8 Å². The van der Waals surface area contributed by atoms with Crippen molar-refractivity contribution in [2.24, 2.45) is 11.0 Å². The highest BCUT2D eigenvalue weighted by molar-refractivity contribution is 6.45. The molecule has 51 heavy (non-hydrogen) atoms. The largest absolute Gasteiger partial charge is 0.494 e. The molecule has 1 unspecified atom stereocenters. The minimum atomic E-state index is -1.32. The molecule has 3 heterocycles. The number of anilines is 1. The fourth-order valence-electron chi connectivity index (χ4n) is 6.68. The van der Waals surface area contributed by atoms with Gasteiger partial charge in [-0.1, -0.05) is 54.6 Å². The van der Waals surface area contributed by atoms with Crippen LogP contribution in [0, 0.1) is 12.8 Å². The van der Waals surface area contributed by atoms with E-state index in [0.717, 1.165) is 41.0 Å². The minimum Gasteiger partial charge on any atom is -0.494 e. The van der Waals surface area contributed by atoms with E-state index in [4.69, 9.17) is 4.74 Å². The molecule has 3 aliphatic rings. The van der Waals surface area contributed by atoms with E-state index in [1.165, 1.54) is 0 Å². The quantitative estimate of drug-likeness (QED) is 0.361. The van der Waals surface area contributed by atoms with Gasteiger partial charge in [0.05, 0.1) is 25.1 Å². The van der Waals surface area contributed by atoms with Crippen LogP contribution in [0.5, 0.6) is 5.75 Å². The number of piperidine rings is 1. The molecule has 1 saturated heterocycles. The third-order valence-corrected chi connectivity index (χ3v) is 9.68. The van der Waals surface area contributed by atoms with Crippen LogP contribution < -0.4 is 25.7 Å². The molecule has 5 amide bonds. The van der Waals surface area contributed by atoms with Gasteiger partial charge < -0.3 is 25.6 Å². The second-order valence-electron chi connectivity index (χ2n) is 13.4. The Balaban J connectivity index is 1.26. The van der Waals surface area contributed by atoms with Gasteiger partial charge in [0.15, 0.2) is 0 Å². The van der Waals surface area contributed by atoms with Crippen molar-refractivity contribution < 1.29 is 28.7 Å². The number of hydrazone groups is 1. The summed E-state index contributed by atoms with van der Waals surface area (Å²) in [4.78, 5) is 69.7. The van der Waals surface area contributed by atoms with Crippen molar-refractivity contribution in [3.8, 4) is 5.75 Å². The van der Waals surface area contributed by atoms with E-state index in [1.54, 1.807) is 35.2 Å². The lowest BCUT2D eigenvalue weighted by Gasteiger charge is -2.34. The van der Waals surface area contributed by atoms with E-state index in [2.05, 4.69) is 21.1 Å². The first kappa shape index (κ1) is 35.3. The normalized spacial score (nSPS) is 21.8. The fourth-order valence-corrected chi connectivity index (χ4v) is 6.68. The number of fused-ring (bicyclic) bond motifs is 4. The molecular formula is C39H44N6O6. The third kappa shape index (κ3) is 9.19. The van der Waals surface area contributed by atoms with Crippen molar-refractivity contribution >= 4 is 40.9 Å². The molecule has 4 bridgehead atoms. The van der Waals surface area contributed by atoms with E-state index in [9.17, 15) is 24.0 Å². The van der Waals surface area contributed by atoms with Crippen molar-refractivity contribution in [1.82, 2.24) is 20.9 Å². The zero-order valence-corrected chi connectivity index (χ0v) is 28.8. The second-order valence-corrected chi connectivity index (χ2v) is 13.4. The van der Waals surface area contributed by atoms with Gasteiger partial charge in [0, 0.05) is 19.6 Å². The Hall–Kier alpha value is -5.52. The molecule has 3 N–H and O–H groups in total. The molecule has 3 aliphatic heterocycles. The molecule has 266 valence electrons. The average Bonchev–Trinajstić information content (AvgIpc) is 3.55. The molecule has 0 saturated carbocycles. The highest BCUT2D eigenvalue weighted by atomic mass is 16.5. The van der Waals surface area contributed by atoms with E-state index < -0.39 is 35.7 Å². The number of aryl methyl sites for hydroxylation is 2. The van der Waals surface area contributed by atoms with E-state index in [0.29, 0.717) is 37.6 Å². The lowest BCUT2D eigenvalue weighted by molar-refractivity contribution is -0.137. The topological polar surface area (TPSA) is 150 Å². The number of para-hydroxylation sites is 1. The zero-order chi connectivity index (χ0) is 35.7. The van der Waals surface area contributed by atoms with Gasteiger partial charge in [-0.3, -0.25) is 24.0 Å². The first-order valence-electron chi connectivity index (χ1n) is 17.6. The Morgan fingerprint density at radius 2 is 1.71 bits per heavy atom. The number of amides is 5. The van der Waals surface area contributed by atoms with Gasteiger partial charge in [-0.05, 0) is 85.9 Å². The van der Waals surface area contributed by atoms with Crippen molar-refractivity contribution in [3.63, 3.8) is 0 Å².